The van der Waals surface area contributed by atoms with E-state index < -0.39 is 12.0 Å². The highest BCUT2D eigenvalue weighted by atomic mass is 16.4. The normalized spacial score (nSPS) is 9.42. The number of anilines is 1. The predicted molar refractivity (Wildman–Crippen MR) is 70.9 cm³/mol. The van der Waals surface area contributed by atoms with Crippen LogP contribution in [0.25, 0.3) is 0 Å². The number of pyridine rings is 1. The van der Waals surface area contributed by atoms with Crippen LogP contribution in [0.4, 0.5) is 10.5 Å². The predicted octanol–water partition coefficient (Wildman–Crippen LogP) is 1.70. The van der Waals surface area contributed by atoms with Crippen LogP contribution in [0.3, 0.4) is 0 Å². The minimum absolute atomic E-state index is 0.0202. The number of nitrogens with zero attached hydrogens (tertiary/aromatic N) is 1. The van der Waals surface area contributed by atoms with Crippen molar-refractivity contribution in [3.8, 4) is 12.3 Å². The molecular weight excluding hydrogens is 246 g/mol. The Balaban J connectivity index is 2.38. The number of hydrogen-bond donors (Lipinski definition) is 3. The van der Waals surface area contributed by atoms with E-state index in [1.54, 1.807) is 0 Å². The number of rotatable bonds is 6. The Morgan fingerprint density at radius 1 is 1.37 bits per heavy atom. The summed E-state index contributed by atoms with van der Waals surface area (Å²) in [6.45, 7) is 0.513. The molecule has 0 radical (unpaired) electrons. The molecule has 0 aliphatic carbocycles. The highest BCUT2D eigenvalue weighted by Gasteiger charge is 2.06. The van der Waals surface area contributed by atoms with Crippen molar-refractivity contribution < 1.29 is 14.7 Å². The van der Waals surface area contributed by atoms with E-state index in [0.717, 1.165) is 12.8 Å². The van der Waals surface area contributed by atoms with Gasteiger partial charge in [-0.1, -0.05) is 0 Å². The number of amides is 2. The van der Waals surface area contributed by atoms with Crippen LogP contribution in [-0.2, 0) is 0 Å². The molecule has 0 atom stereocenters. The van der Waals surface area contributed by atoms with Crippen molar-refractivity contribution in [1.82, 2.24) is 10.3 Å². The lowest BCUT2D eigenvalue weighted by Crippen LogP contribution is -2.29. The molecule has 0 bridgehead atoms. The van der Waals surface area contributed by atoms with Crippen LogP contribution in [-0.4, -0.2) is 28.6 Å². The summed E-state index contributed by atoms with van der Waals surface area (Å²) >= 11 is 0. The molecule has 0 spiro atoms. The average Bonchev–Trinajstić information content (AvgIpc) is 2.38. The third-order valence-electron chi connectivity index (χ3n) is 2.28. The van der Waals surface area contributed by atoms with Gasteiger partial charge in [-0.15, -0.1) is 12.3 Å². The van der Waals surface area contributed by atoms with E-state index in [2.05, 4.69) is 21.5 Å². The average molecular weight is 261 g/mol. The van der Waals surface area contributed by atoms with Gasteiger partial charge in [-0.25, -0.2) is 9.59 Å². The zero-order valence-corrected chi connectivity index (χ0v) is 10.3. The number of aromatic carboxylic acids is 1. The number of unbranched alkanes of at least 4 members (excludes halogenated alkanes) is 2. The molecule has 0 fully saturated rings. The van der Waals surface area contributed by atoms with Crippen LogP contribution in [0.2, 0.25) is 0 Å². The smallest absolute Gasteiger partial charge is 0.337 e. The fourth-order valence-corrected chi connectivity index (χ4v) is 1.35. The van der Waals surface area contributed by atoms with Gasteiger partial charge >= 0.3 is 12.0 Å². The molecule has 0 saturated carbocycles. The van der Waals surface area contributed by atoms with Crippen LogP contribution < -0.4 is 10.6 Å². The monoisotopic (exact) mass is 261 g/mol. The van der Waals surface area contributed by atoms with Crippen molar-refractivity contribution in [2.24, 2.45) is 0 Å². The minimum atomic E-state index is -1.09. The molecular formula is C13H15N3O3. The molecule has 3 N–H and O–H groups in total. The zero-order chi connectivity index (χ0) is 14.1. The number of nitrogens with one attached hydrogen (secondary N) is 2. The third kappa shape index (κ3) is 5.55. The number of carbonyl (C=O) groups is 2. The second-order valence-electron chi connectivity index (χ2n) is 3.81. The van der Waals surface area contributed by atoms with Gasteiger partial charge in [-0.05, 0) is 18.9 Å². The number of urea groups is 1. The quantitative estimate of drug-likeness (QED) is 0.537. The Morgan fingerprint density at radius 3 is 2.84 bits per heavy atom. The molecule has 0 saturated heterocycles. The molecule has 6 heteroatoms. The fourth-order valence-electron chi connectivity index (χ4n) is 1.35. The molecule has 0 aromatic carbocycles. The van der Waals surface area contributed by atoms with Crippen LogP contribution in [0, 0.1) is 12.3 Å². The van der Waals surface area contributed by atoms with E-state index in [-0.39, 0.29) is 5.56 Å². The summed E-state index contributed by atoms with van der Waals surface area (Å²) in [6.07, 6.45) is 10.0. The van der Waals surface area contributed by atoms with Crippen molar-refractivity contribution in [3.05, 3.63) is 24.0 Å². The van der Waals surface area contributed by atoms with Gasteiger partial charge in [0.05, 0.1) is 17.4 Å². The Morgan fingerprint density at radius 2 is 2.16 bits per heavy atom. The van der Waals surface area contributed by atoms with E-state index in [9.17, 15) is 9.59 Å². The first-order valence-corrected chi connectivity index (χ1v) is 5.80. The maximum atomic E-state index is 11.5. The number of hydrogen-bond acceptors (Lipinski definition) is 3. The lowest BCUT2D eigenvalue weighted by Gasteiger charge is -2.07. The van der Waals surface area contributed by atoms with Gasteiger partial charge in [0.1, 0.15) is 0 Å². The van der Waals surface area contributed by atoms with Crippen molar-refractivity contribution in [1.29, 1.82) is 0 Å². The summed E-state index contributed by atoms with van der Waals surface area (Å²) in [5, 5.41) is 13.9. The Labute approximate surface area is 111 Å². The van der Waals surface area contributed by atoms with Crippen molar-refractivity contribution >= 4 is 17.7 Å². The minimum Gasteiger partial charge on any atom is -0.478 e. The molecule has 0 unspecified atom stereocenters. The molecule has 19 heavy (non-hydrogen) atoms. The molecule has 0 aliphatic rings. The number of carbonyl (C=O) groups excluding carboxylic acids is 1. The van der Waals surface area contributed by atoms with Gasteiger partial charge in [0.2, 0.25) is 0 Å². The summed E-state index contributed by atoms with van der Waals surface area (Å²) in [5.74, 6) is 1.43. The molecule has 2 amide bonds. The summed E-state index contributed by atoms with van der Waals surface area (Å²) in [5.41, 5.74) is 0.354. The number of carboxylic acids is 1. The number of carboxylic acid groups (broad SMARTS) is 1. The molecule has 100 valence electrons. The van der Waals surface area contributed by atoms with Gasteiger partial charge in [-0.3, -0.25) is 4.98 Å². The molecule has 0 aliphatic heterocycles. The third-order valence-corrected chi connectivity index (χ3v) is 2.28. The van der Waals surface area contributed by atoms with Crippen LogP contribution in [0.15, 0.2) is 18.5 Å². The van der Waals surface area contributed by atoms with E-state index >= 15 is 0 Å². The summed E-state index contributed by atoms with van der Waals surface area (Å²) in [4.78, 5) is 25.9. The van der Waals surface area contributed by atoms with E-state index in [0.29, 0.717) is 18.7 Å². The summed E-state index contributed by atoms with van der Waals surface area (Å²) in [6, 6.07) is 0.942. The highest BCUT2D eigenvalue weighted by Crippen LogP contribution is 2.08. The molecule has 1 aromatic rings. The maximum Gasteiger partial charge on any atom is 0.337 e. The van der Waals surface area contributed by atoms with Crippen LogP contribution in [0.1, 0.15) is 29.6 Å². The molecule has 1 rings (SSSR count). The summed E-state index contributed by atoms with van der Waals surface area (Å²) in [7, 11) is 0. The largest absolute Gasteiger partial charge is 0.478 e. The first kappa shape index (κ1) is 14.5. The Kier molecular flexibility index (Phi) is 5.89. The van der Waals surface area contributed by atoms with Gasteiger partial charge in [-0.2, -0.15) is 0 Å². The highest BCUT2D eigenvalue weighted by molar-refractivity contribution is 5.92. The Hall–Kier alpha value is -2.55. The van der Waals surface area contributed by atoms with Crippen molar-refractivity contribution in [2.45, 2.75) is 19.3 Å². The van der Waals surface area contributed by atoms with Crippen LogP contribution >= 0.6 is 0 Å². The number of aromatic nitrogens is 1. The lowest BCUT2D eigenvalue weighted by atomic mass is 10.2. The fraction of sp³-hybridized carbons (Fsp3) is 0.308. The lowest BCUT2D eigenvalue weighted by molar-refractivity contribution is 0.0696. The van der Waals surface area contributed by atoms with Crippen molar-refractivity contribution in [3.63, 3.8) is 0 Å². The van der Waals surface area contributed by atoms with E-state index in [1.165, 1.54) is 18.5 Å². The maximum absolute atomic E-state index is 11.5. The van der Waals surface area contributed by atoms with E-state index in [4.69, 9.17) is 11.5 Å². The van der Waals surface area contributed by atoms with Gasteiger partial charge in [0, 0.05) is 19.2 Å². The molecule has 1 heterocycles. The standard InChI is InChI=1S/C13H15N3O3/c1-2-3-4-5-6-15-13(19)16-11-7-10(12(17)18)8-14-9-11/h1,7-9H,3-6H2,(H,17,18)(H2,15,16,19). The topological polar surface area (TPSA) is 91.3 Å². The zero-order valence-electron chi connectivity index (χ0n) is 10.3. The number of terminal acetylenes is 1. The first-order valence-electron chi connectivity index (χ1n) is 5.80. The van der Waals surface area contributed by atoms with Crippen LogP contribution in [0.5, 0.6) is 0 Å². The SMILES string of the molecule is C#CCCCCNC(=O)Nc1cncc(C(=O)O)c1. The van der Waals surface area contributed by atoms with Crippen molar-refractivity contribution in [2.75, 3.05) is 11.9 Å². The van der Waals surface area contributed by atoms with Gasteiger partial charge in [0.25, 0.3) is 0 Å². The van der Waals surface area contributed by atoms with Gasteiger partial charge < -0.3 is 15.7 Å². The molecule has 6 nitrogen and oxygen atoms in total. The van der Waals surface area contributed by atoms with E-state index in [1.807, 2.05) is 0 Å². The first-order chi connectivity index (χ1) is 9.13. The second kappa shape index (κ2) is 7.71. The Bertz CT molecular complexity index is 494. The molecule has 1 aromatic heterocycles. The van der Waals surface area contributed by atoms with Gasteiger partial charge in [0.15, 0.2) is 0 Å². The summed E-state index contributed by atoms with van der Waals surface area (Å²) < 4.78 is 0. The second-order valence-corrected chi connectivity index (χ2v) is 3.81.